The number of nitrogens with one attached hydrogen (secondary N) is 1. The van der Waals surface area contributed by atoms with Gasteiger partial charge in [-0.1, -0.05) is 0 Å². The first-order chi connectivity index (χ1) is 14.5. The molecule has 30 heavy (non-hydrogen) atoms. The van der Waals surface area contributed by atoms with Gasteiger partial charge in [-0.05, 0) is 92.9 Å². The predicted molar refractivity (Wildman–Crippen MR) is 112 cm³/mol. The van der Waals surface area contributed by atoms with Crippen molar-refractivity contribution in [1.29, 1.82) is 0 Å². The molecule has 2 aromatic heterocycles. The fourth-order valence-corrected chi connectivity index (χ4v) is 6.85. The van der Waals surface area contributed by atoms with Crippen LogP contribution in [0.1, 0.15) is 55.9 Å². The Balaban J connectivity index is 1.34. The van der Waals surface area contributed by atoms with Gasteiger partial charge in [0.05, 0.1) is 19.1 Å². The fraction of sp³-hybridized carbons (Fsp3) is 0.583. The van der Waals surface area contributed by atoms with Crippen molar-refractivity contribution in [2.45, 2.75) is 58.0 Å². The van der Waals surface area contributed by atoms with Crippen molar-refractivity contribution in [3.05, 3.63) is 36.2 Å². The van der Waals surface area contributed by atoms with E-state index in [9.17, 15) is 9.59 Å². The minimum atomic E-state index is -0.463. The zero-order valence-electron chi connectivity index (χ0n) is 17.7. The highest BCUT2D eigenvalue weighted by Crippen LogP contribution is 2.61. The number of carbonyl (C=O) groups excluding carboxylic acids is 2. The molecule has 0 saturated heterocycles. The summed E-state index contributed by atoms with van der Waals surface area (Å²) in [4.78, 5) is 25.3. The van der Waals surface area contributed by atoms with Gasteiger partial charge in [0.15, 0.2) is 0 Å². The molecule has 4 saturated carbocycles. The first-order valence-corrected chi connectivity index (χ1v) is 11.1. The molecule has 1 atom stereocenters. The Hall–Kier alpha value is -2.50. The maximum absolute atomic E-state index is 13.1. The zero-order valence-corrected chi connectivity index (χ0v) is 17.7. The molecule has 6 nitrogen and oxygen atoms in total. The standard InChI is InChI=1S/C24H30N2O4/c1-15(24-11-16-8-17(12-24)10-18(9-16)13-24)25-22(27)14-26-19(21-4-3-7-30-21)5-6-20(26)23(28)29-2/h3-7,15-18H,8-14H2,1-2H3,(H,25,27)/t15-,16?,17?,18?,24?/m0/s1. The largest absolute Gasteiger partial charge is 0.464 e. The monoisotopic (exact) mass is 410 g/mol. The van der Waals surface area contributed by atoms with Gasteiger partial charge in [-0.3, -0.25) is 4.79 Å². The number of aromatic nitrogens is 1. The first-order valence-electron chi connectivity index (χ1n) is 11.1. The summed E-state index contributed by atoms with van der Waals surface area (Å²) < 4.78 is 12.1. The summed E-state index contributed by atoms with van der Waals surface area (Å²) in [5.41, 5.74) is 1.29. The Morgan fingerprint density at radius 3 is 2.40 bits per heavy atom. The number of esters is 1. The molecule has 2 aromatic rings. The molecule has 4 fully saturated rings. The number of hydrogen-bond acceptors (Lipinski definition) is 4. The lowest BCUT2D eigenvalue weighted by Gasteiger charge is -2.59. The third-order valence-corrected chi connectivity index (χ3v) is 7.83. The smallest absolute Gasteiger partial charge is 0.354 e. The van der Waals surface area contributed by atoms with Crippen LogP contribution in [0.3, 0.4) is 0 Å². The lowest BCUT2D eigenvalue weighted by Crippen LogP contribution is -2.56. The van der Waals surface area contributed by atoms with Crippen molar-refractivity contribution < 1.29 is 18.7 Å². The normalized spacial score (nSPS) is 30.3. The summed E-state index contributed by atoms with van der Waals surface area (Å²) in [6.45, 7) is 2.24. The molecule has 0 spiro atoms. The summed E-state index contributed by atoms with van der Waals surface area (Å²) >= 11 is 0. The van der Waals surface area contributed by atoms with Crippen LogP contribution in [-0.2, 0) is 16.1 Å². The van der Waals surface area contributed by atoms with Crippen LogP contribution >= 0.6 is 0 Å². The van der Waals surface area contributed by atoms with Gasteiger partial charge in [0.1, 0.15) is 18.0 Å². The molecule has 0 aliphatic heterocycles. The lowest BCUT2D eigenvalue weighted by atomic mass is 9.48. The highest BCUT2D eigenvalue weighted by atomic mass is 16.5. The van der Waals surface area contributed by atoms with E-state index in [0.717, 1.165) is 17.8 Å². The Kier molecular flexibility index (Phi) is 4.75. The summed E-state index contributed by atoms with van der Waals surface area (Å²) in [7, 11) is 1.35. The molecule has 4 aliphatic rings. The number of furan rings is 1. The van der Waals surface area contributed by atoms with Crippen LogP contribution in [0.2, 0.25) is 0 Å². The number of nitrogens with zero attached hydrogens (tertiary/aromatic N) is 1. The van der Waals surface area contributed by atoms with E-state index in [1.54, 1.807) is 29.0 Å². The molecule has 2 heterocycles. The van der Waals surface area contributed by atoms with Crippen LogP contribution in [0.15, 0.2) is 34.9 Å². The third kappa shape index (κ3) is 3.26. The van der Waals surface area contributed by atoms with Crippen LogP contribution in [-0.4, -0.2) is 29.6 Å². The van der Waals surface area contributed by atoms with E-state index in [2.05, 4.69) is 12.2 Å². The van der Waals surface area contributed by atoms with Crippen LogP contribution < -0.4 is 5.32 Å². The van der Waals surface area contributed by atoms with Gasteiger partial charge in [-0.2, -0.15) is 0 Å². The second kappa shape index (κ2) is 7.33. The highest BCUT2D eigenvalue weighted by molar-refractivity contribution is 5.90. The lowest BCUT2D eigenvalue weighted by molar-refractivity contribution is -0.126. The first kappa shape index (κ1) is 19.5. The topological polar surface area (TPSA) is 73.5 Å². The van der Waals surface area contributed by atoms with Crippen LogP contribution in [0, 0.1) is 23.2 Å². The maximum atomic E-state index is 13.1. The average molecular weight is 411 g/mol. The molecule has 4 aliphatic carbocycles. The fourth-order valence-electron chi connectivity index (χ4n) is 6.85. The molecule has 160 valence electrons. The highest BCUT2D eigenvalue weighted by Gasteiger charge is 2.53. The van der Waals surface area contributed by atoms with Gasteiger partial charge in [0.2, 0.25) is 5.91 Å². The van der Waals surface area contributed by atoms with Crippen LogP contribution in [0.4, 0.5) is 0 Å². The van der Waals surface area contributed by atoms with Crippen molar-refractivity contribution in [3.63, 3.8) is 0 Å². The zero-order chi connectivity index (χ0) is 20.9. The molecule has 0 radical (unpaired) electrons. The van der Waals surface area contributed by atoms with Crippen molar-refractivity contribution in [2.24, 2.45) is 23.2 Å². The minimum absolute atomic E-state index is 0.0597. The van der Waals surface area contributed by atoms with Gasteiger partial charge >= 0.3 is 5.97 Å². The summed E-state index contributed by atoms with van der Waals surface area (Å²) in [6.07, 6.45) is 9.48. The summed E-state index contributed by atoms with van der Waals surface area (Å²) in [6, 6.07) is 7.23. The van der Waals surface area contributed by atoms with Crippen molar-refractivity contribution >= 4 is 11.9 Å². The van der Waals surface area contributed by atoms with Gasteiger partial charge in [0.25, 0.3) is 0 Å². The molecule has 1 N–H and O–H groups in total. The van der Waals surface area contributed by atoms with E-state index in [4.69, 9.17) is 9.15 Å². The van der Waals surface area contributed by atoms with Crippen LogP contribution in [0.25, 0.3) is 11.5 Å². The van der Waals surface area contributed by atoms with Crippen molar-refractivity contribution in [1.82, 2.24) is 9.88 Å². The Morgan fingerprint density at radius 2 is 1.83 bits per heavy atom. The second-order valence-corrected chi connectivity index (χ2v) is 9.73. The Morgan fingerprint density at radius 1 is 1.17 bits per heavy atom. The van der Waals surface area contributed by atoms with E-state index < -0.39 is 5.97 Å². The van der Waals surface area contributed by atoms with Gasteiger partial charge < -0.3 is 19.0 Å². The summed E-state index contributed by atoms with van der Waals surface area (Å²) in [5, 5.41) is 3.29. The molecule has 1 amide bonds. The molecule has 0 aromatic carbocycles. The van der Waals surface area contributed by atoms with E-state index in [0.29, 0.717) is 17.1 Å². The number of amides is 1. The number of carbonyl (C=O) groups is 2. The van der Waals surface area contributed by atoms with E-state index in [-0.39, 0.29) is 23.9 Å². The van der Waals surface area contributed by atoms with E-state index >= 15 is 0 Å². The number of rotatable bonds is 6. The average Bonchev–Trinajstić information content (AvgIpc) is 3.36. The van der Waals surface area contributed by atoms with Crippen LogP contribution in [0.5, 0.6) is 0 Å². The molecule has 0 unspecified atom stereocenters. The number of ether oxygens (including phenoxy) is 1. The van der Waals surface area contributed by atoms with Gasteiger partial charge in [-0.15, -0.1) is 0 Å². The van der Waals surface area contributed by atoms with E-state index in [1.807, 2.05) is 6.07 Å². The molecular weight excluding hydrogens is 380 g/mol. The minimum Gasteiger partial charge on any atom is -0.464 e. The molecular formula is C24H30N2O4. The van der Waals surface area contributed by atoms with E-state index in [1.165, 1.54) is 45.6 Å². The SMILES string of the molecule is COC(=O)c1ccc(-c2ccco2)n1CC(=O)N[C@@H](C)C12CC3CC(CC(C3)C1)C2. The Labute approximate surface area is 177 Å². The number of methoxy groups -OCH3 is 1. The summed E-state index contributed by atoms with van der Waals surface area (Å²) in [5.74, 6) is 2.61. The number of hydrogen-bond donors (Lipinski definition) is 1. The predicted octanol–water partition coefficient (Wildman–Crippen LogP) is 4.26. The molecule has 6 rings (SSSR count). The van der Waals surface area contributed by atoms with Crippen molar-refractivity contribution in [2.75, 3.05) is 7.11 Å². The molecule has 6 heteroatoms. The third-order valence-electron chi connectivity index (χ3n) is 7.83. The quantitative estimate of drug-likeness (QED) is 0.723. The molecule has 4 bridgehead atoms. The van der Waals surface area contributed by atoms with Gasteiger partial charge in [-0.25, -0.2) is 4.79 Å². The van der Waals surface area contributed by atoms with Gasteiger partial charge in [0, 0.05) is 6.04 Å². The second-order valence-electron chi connectivity index (χ2n) is 9.73. The maximum Gasteiger partial charge on any atom is 0.354 e. The Bertz CT molecular complexity index is 907. The van der Waals surface area contributed by atoms with Crippen molar-refractivity contribution in [3.8, 4) is 11.5 Å².